The fraction of sp³-hybridized carbons (Fsp3) is 0.182. The van der Waals surface area contributed by atoms with Crippen molar-refractivity contribution in [1.82, 2.24) is 9.78 Å². The van der Waals surface area contributed by atoms with Crippen LogP contribution in [-0.2, 0) is 7.05 Å². The Morgan fingerprint density at radius 2 is 1.87 bits per heavy atom. The molecule has 1 aromatic heterocycles. The highest BCUT2D eigenvalue weighted by Gasteiger charge is 2.12. The molecule has 1 N–H and O–H groups in total. The van der Waals surface area contributed by atoms with Crippen molar-refractivity contribution in [2.45, 2.75) is 6.92 Å². The Balaban J connectivity index is 2.59. The second kappa shape index (κ2) is 3.38. The molecule has 1 heterocycles. The first-order valence-electron chi connectivity index (χ1n) is 4.61. The average Bonchev–Trinajstić information content (AvgIpc) is 2.47. The summed E-state index contributed by atoms with van der Waals surface area (Å²) in [6.07, 6.45) is 0. The second-order valence-corrected chi connectivity index (χ2v) is 3.53. The third-order valence-corrected chi connectivity index (χ3v) is 2.33. The van der Waals surface area contributed by atoms with E-state index >= 15 is 0 Å². The summed E-state index contributed by atoms with van der Waals surface area (Å²) >= 11 is 0. The Labute approximate surface area is 86.2 Å². The lowest BCUT2D eigenvalue weighted by molar-refractivity contribution is 0.611. The Morgan fingerprint density at radius 1 is 1.27 bits per heavy atom. The molecule has 0 saturated heterocycles. The number of aromatic amines is 1. The predicted octanol–water partition coefficient (Wildman–Crippen LogP) is 1.83. The number of aryl methyl sites for hydroxylation is 2. The van der Waals surface area contributed by atoms with E-state index in [1.807, 2.05) is 19.1 Å². The number of aromatic nitrogens is 2. The molecular formula is C11H11FN2O. The zero-order chi connectivity index (χ0) is 11.0. The van der Waals surface area contributed by atoms with Gasteiger partial charge in [-0.05, 0) is 6.92 Å². The van der Waals surface area contributed by atoms with Crippen LogP contribution in [0.25, 0.3) is 11.3 Å². The van der Waals surface area contributed by atoms with E-state index in [1.165, 1.54) is 7.05 Å². The third kappa shape index (κ3) is 1.58. The highest BCUT2D eigenvalue weighted by atomic mass is 19.1. The van der Waals surface area contributed by atoms with E-state index in [1.54, 1.807) is 12.1 Å². The van der Waals surface area contributed by atoms with Gasteiger partial charge < -0.3 is 0 Å². The molecule has 3 nitrogen and oxygen atoms in total. The predicted molar refractivity (Wildman–Crippen MR) is 56.2 cm³/mol. The van der Waals surface area contributed by atoms with Crippen molar-refractivity contribution in [3.63, 3.8) is 0 Å². The summed E-state index contributed by atoms with van der Waals surface area (Å²) < 4.78 is 14.6. The van der Waals surface area contributed by atoms with Crippen LogP contribution in [0.1, 0.15) is 5.56 Å². The third-order valence-electron chi connectivity index (χ3n) is 2.33. The minimum Gasteiger partial charge on any atom is -0.292 e. The van der Waals surface area contributed by atoms with Gasteiger partial charge in [0.15, 0.2) is 0 Å². The van der Waals surface area contributed by atoms with Gasteiger partial charge >= 0.3 is 5.56 Å². The van der Waals surface area contributed by atoms with Crippen molar-refractivity contribution >= 4 is 0 Å². The van der Waals surface area contributed by atoms with Crippen LogP contribution in [0.2, 0.25) is 0 Å². The van der Waals surface area contributed by atoms with Gasteiger partial charge in [-0.25, -0.2) is 0 Å². The standard InChI is InChI=1S/C11H11FN2O/c1-7-3-5-8(6-4-7)10-9(12)11(15)14(2)13-10/h3-6,13H,1-2H3. The number of halogens is 1. The summed E-state index contributed by atoms with van der Waals surface area (Å²) in [4.78, 5) is 11.2. The van der Waals surface area contributed by atoms with Gasteiger partial charge in [0.05, 0.1) is 0 Å². The largest absolute Gasteiger partial charge is 0.302 e. The fourth-order valence-corrected chi connectivity index (χ4v) is 1.43. The second-order valence-electron chi connectivity index (χ2n) is 3.53. The van der Waals surface area contributed by atoms with Gasteiger partial charge in [-0.3, -0.25) is 14.6 Å². The SMILES string of the molecule is Cc1ccc(-c2[nH]n(C)c(=O)c2F)cc1. The molecule has 0 fully saturated rings. The average molecular weight is 206 g/mol. The van der Waals surface area contributed by atoms with Crippen LogP contribution in [0.5, 0.6) is 0 Å². The molecular weight excluding hydrogens is 195 g/mol. The summed E-state index contributed by atoms with van der Waals surface area (Å²) in [6, 6.07) is 7.31. The highest BCUT2D eigenvalue weighted by molar-refractivity contribution is 5.59. The lowest BCUT2D eigenvalue weighted by Crippen LogP contribution is -2.13. The Kier molecular flexibility index (Phi) is 2.19. The lowest BCUT2D eigenvalue weighted by Gasteiger charge is -1.98. The quantitative estimate of drug-likeness (QED) is 0.759. The normalized spacial score (nSPS) is 10.6. The van der Waals surface area contributed by atoms with Crippen LogP contribution >= 0.6 is 0 Å². The molecule has 0 unspecified atom stereocenters. The highest BCUT2D eigenvalue weighted by Crippen LogP contribution is 2.18. The van der Waals surface area contributed by atoms with Crippen LogP contribution < -0.4 is 5.56 Å². The molecule has 0 radical (unpaired) electrons. The van der Waals surface area contributed by atoms with Gasteiger partial charge in [0.1, 0.15) is 5.69 Å². The van der Waals surface area contributed by atoms with Crippen molar-refractivity contribution < 1.29 is 4.39 Å². The molecule has 4 heteroatoms. The van der Waals surface area contributed by atoms with E-state index in [4.69, 9.17) is 0 Å². The Morgan fingerprint density at radius 3 is 2.33 bits per heavy atom. The van der Waals surface area contributed by atoms with Gasteiger partial charge in [-0.15, -0.1) is 0 Å². The maximum absolute atomic E-state index is 13.4. The minimum atomic E-state index is -0.735. The van der Waals surface area contributed by atoms with Gasteiger partial charge in [-0.2, -0.15) is 4.39 Å². The molecule has 0 spiro atoms. The number of rotatable bonds is 1. The van der Waals surface area contributed by atoms with E-state index < -0.39 is 11.4 Å². The molecule has 0 amide bonds. The van der Waals surface area contributed by atoms with Crippen LogP contribution in [0.3, 0.4) is 0 Å². The molecule has 15 heavy (non-hydrogen) atoms. The van der Waals surface area contributed by atoms with Gasteiger partial charge in [0.25, 0.3) is 0 Å². The summed E-state index contributed by atoms with van der Waals surface area (Å²) in [5.74, 6) is -0.735. The number of H-pyrrole nitrogens is 1. The van der Waals surface area contributed by atoms with Gasteiger partial charge in [0, 0.05) is 12.6 Å². The molecule has 0 saturated carbocycles. The van der Waals surface area contributed by atoms with E-state index in [9.17, 15) is 9.18 Å². The number of nitrogens with one attached hydrogen (secondary N) is 1. The molecule has 78 valence electrons. The summed E-state index contributed by atoms with van der Waals surface area (Å²) in [5, 5.41) is 2.68. The lowest BCUT2D eigenvalue weighted by atomic mass is 10.1. The van der Waals surface area contributed by atoms with Crippen LogP contribution in [0.4, 0.5) is 4.39 Å². The molecule has 0 aliphatic heterocycles. The molecule has 2 aromatic rings. The van der Waals surface area contributed by atoms with Crippen LogP contribution in [0, 0.1) is 12.7 Å². The first-order valence-corrected chi connectivity index (χ1v) is 4.61. The number of nitrogens with zero attached hydrogens (tertiary/aromatic N) is 1. The summed E-state index contributed by atoms with van der Waals surface area (Å²) in [7, 11) is 1.49. The monoisotopic (exact) mass is 206 g/mol. The van der Waals surface area contributed by atoms with Crippen molar-refractivity contribution in [3.8, 4) is 11.3 Å². The van der Waals surface area contributed by atoms with E-state index in [0.717, 1.165) is 10.2 Å². The first kappa shape index (κ1) is 9.71. The number of hydrogen-bond acceptors (Lipinski definition) is 1. The smallest absolute Gasteiger partial charge is 0.292 e. The van der Waals surface area contributed by atoms with Gasteiger partial charge in [0.2, 0.25) is 5.82 Å². The van der Waals surface area contributed by atoms with E-state index in [0.29, 0.717) is 5.56 Å². The topological polar surface area (TPSA) is 37.8 Å². The first-order chi connectivity index (χ1) is 7.09. The zero-order valence-corrected chi connectivity index (χ0v) is 8.54. The minimum absolute atomic E-state index is 0.238. The maximum atomic E-state index is 13.4. The zero-order valence-electron chi connectivity index (χ0n) is 8.54. The van der Waals surface area contributed by atoms with Crippen LogP contribution in [-0.4, -0.2) is 9.78 Å². The molecule has 0 aliphatic rings. The molecule has 2 rings (SSSR count). The number of benzene rings is 1. The fourth-order valence-electron chi connectivity index (χ4n) is 1.43. The number of hydrogen-bond donors (Lipinski definition) is 1. The Hall–Kier alpha value is -1.84. The molecule has 0 aliphatic carbocycles. The maximum Gasteiger partial charge on any atom is 0.302 e. The van der Waals surface area contributed by atoms with Crippen molar-refractivity contribution in [3.05, 3.63) is 46.0 Å². The molecule has 0 atom stereocenters. The van der Waals surface area contributed by atoms with E-state index in [-0.39, 0.29) is 5.69 Å². The van der Waals surface area contributed by atoms with Gasteiger partial charge in [-0.1, -0.05) is 29.8 Å². The van der Waals surface area contributed by atoms with E-state index in [2.05, 4.69) is 5.10 Å². The van der Waals surface area contributed by atoms with Crippen molar-refractivity contribution in [1.29, 1.82) is 0 Å². The molecule has 0 bridgehead atoms. The molecule has 1 aromatic carbocycles. The van der Waals surface area contributed by atoms with Crippen molar-refractivity contribution in [2.24, 2.45) is 7.05 Å². The van der Waals surface area contributed by atoms with Crippen molar-refractivity contribution in [2.75, 3.05) is 0 Å². The van der Waals surface area contributed by atoms with Crippen LogP contribution in [0.15, 0.2) is 29.1 Å². The Bertz CT molecular complexity index is 537. The summed E-state index contributed by atoms with van der Waals surface area (Å²) in [5.41, 5.74) is 1.38. The summed E-state index contributed by atoms with van der Waals surface area (Å²) in [6.45, 7) is 1.95.